The number of tetrazole rings is 1. The first-order valence-corrected chi connectivity index (χ1v) is 10.7. The summed E-state index contributed by atoms with van der Waals surface area (Å²) in [5.41, 5.74) is 1.96. The van der Waals surface area contributed by atoms with Crippen molar-refractivity contribution in [3.63, 3.8) is 0 Å². The molecule has 3 aromatic rings. The Balaban J connectivity index is 1.45. The van der Waals surface area contributed by atoms with E-state index in [0.29, 0.717) is 11.6 Å². The Labute approximate surface area is 177 Å². The molecule has 0 saturated carbocycles. The molecule has 1 aliphatic rings. The highest BCUT2D eigenvalue weighted by atomic mass is 19.1. The average Bonchev–Trinajstić information content (AvgIpc) is 3.22. The van der Waals surface area contributed by atoms with Crippen molar-refractivity contribution in [1.29, 1.82) is 0 Å². The van der Waals surface area contributed by atoms with Gasteiger partial charge >= 0.3 is 0 Å². The maximum Gasteiger partial charge on any atom is 0.168 e. The first kappa shape index (κ1) is 20.5. The molecule has 0 radical (unpaired) electrons. The fourth-order valence-electron chi connectivity index (χ4n) is 4.29. The molecular formula is C23H29FN6. The molecule has 7 heteroatoms. The van der Waals surface area contributed by atoms with Gasteiger partial charge in [0.25, 0.3) is 0 Å². The number of hydrogen-bond acceptors (Lipinski definition) is 5. The van der Waals surface area contributed by atoms with Crippen molar-refractivity contribution >= 4 is 5.69 Å². The minimum atomic E-state index is -0.156. The van der Waals surface area contributed by atoms with Gasteiger partial charge in [0, 0.05) is 32.7 Å². The van der Waals surface area contributed by atoms with E-state index in [-0.39, 0.29) is 11.9 Å². The highest BCUT2D eigenvalue weighted by molar-refractivity contribution is 5.48. The fraction of sp³-hybridized carbons (Fsp3) is 0.435. The number of aromatic nitrogens is 4. The van der Waals surface area contributed by atoms with Crippen LogP contribution < -0.4 is 4.90 Å². The molecule has 0 amide bonds. The lowest BCUT2D eigenvalue weighted by molar-refractivity contribution is 0.134. The Hall–Kier alpha value is -2.80. The summed E-state index contributed by atoms with van der Waals surface area (Å²) in [6.45, 7) is 8.45. The third-order valence-electron chi connectivity index (χ3n) is 5.81. The molecule has 0 bridgehead atoms. The van der Waals surface area contributed by atoms with Gasteiger partial charge in [-0.2, -0.15) is 0 Å². The van der Waals surface area contributed by atoms with Crippen molar-refractivity contribution in [2.45, 2.75) is 32.9 Å². The zero-order chi connectivity index (χ0) is 20.9. The second-order valence-corrected chi connectivity index (χ2v) is 8.16. The summed E-state index contributed by atoms with van der Waals surface area (Å²) in [6, 6.07) is 17.6. The second-order valence-electron chi connectivity index (χ2n) is 8.16. The Bertz CT molecular complexity index is 934. The van der Waals surface area contributed by atoms with Crippen molar-refractivity contribution in [3.8, 4) is 0 Å². The predicted molar refractivity (Wildman–Crippen MR) is 116 cm³/mol. The van der Waals surface area contributed by atoms with Gasteiger partial charge in [-0.1, -0.05) is 56.3 Å². The summed E-state index contributed by atoms with van der Waals surface area (Å²) >= 11 is 0. The normalized spacial score (nSPS) is 16.2. The number of piperazine rings is 1. The van der Waals surface area contributed by atoms with Crippen molar-refractivity contribution < 1.29 is 4.39 Å². The van der Waals surface area contributed by atoms with Crippen molar-refractivity contribution in [3.05, 3.63) is 71.8 Å². The standard InChI is InChI=1S/C23H29FN6/c1-18(2)22(23-25-26-27-30(23)13-12-19-8-4-3-5-9-19)29-16-14-28(15-17-29)21-11-7-6-10-20(21)24/h3-11,18,22H,12-17H2,1-2H3/t22-/m1/s1. The SMILES string of the molecule is CC(C)[C@H](c1nnnn1CCc1ccccc1)N1CCN(c2ccccc2F)CC1. The van der Waals surface area contributed by atoms with Gasteiger partial charge in [0.15, 0.2) is 5.82 Å². The van der Waals surface area contributed by atoms with Gasteiger partial charge in [-0.15, -0.1) is 5.10 Å². The summed E-state index contributed by atoms with van der Waals surface area (Å²) in [6.07, 6.45) is 0.894. The van der Waals surface area contributed by atoms with E-state index in [4.69, 9.17) is 0 Å². The van der Waals surface area contributed by atoms with Crippen LogP contribution in [0.4, 0.5) is 10.1 Å². The molecule has 1 saturated heterocycles. The van der Waals surface area contributed by atoms with Gasteiger partial charge < -0.3 is 4.90 Å². The van der Waals surface area contributed by atoms with Crippen LogP contribution in [0.25, 0.3) is 0 Å². The lowest BCUT2D eigenvalue weighted by Gasteiger charge is -2.41. The van der Waals surface area contributed by atoms with E-state index in [1.165, 1.54) is 11.6 Å². The molecule has 1 aromatic heterocycles. The van der Waals surface area contributed by atoms with E-state index in [0.717, 1.165) is 45.0 Å². The molecule has 0 N–H and O–H groups in total. The van der Waals surface area contributed by atoms with Crippen LogP contribution in [-0.2, 0) is 13.0 Å². The van der Waals surface area contributed by atoms with Crippen molar-refractivity contribution in [2.24, 2.45) is 5.92 Å². The Kier molecular flexibility index (Phi) is 6.38. The van der Waals surface area contributed by atoms with Gasteiger partial charge in [0.05, 0.1) is 11.7 Å². The van der Waals surface area contributed by atoms with Gasteiger partial charge in [-0.05, 0) is 40.5 Å². The molecular weight excluding hydrogens is 379 g/mol. The van der Waals surface area contributed by atoms with Gasteiger partial charge in [-0.3, -0.25) is 4.90 Å². The molecule has 4 rings (SSSR count). The van der Waals surface area contributed by atoms with Crippen LogP contribution >= 0.6 is 0 Å². The van der Waals surface area contributed by atoms with Gasteiger partial charge in [-0.25, -0.2) is 9.07 Å². The quantitative estimate of drug-likeness (QED) is 0.598. The molecule has 2 aromatic carbocycles. The summed E-state index contributed by atoms with van der Waals surface area (Å²) < 4.78 is 16.1. The number of benzene rings is 2. The summed E-state index contributed by atoms with van der Waals surface area (Å²) in [4.78, 5) is 4.56. The zero-order valence-electron chi connectivity index (χ0n) is 17.7. The smallest absolute Gasteiger partial charge is 0.168 e. The summed E-state index contributed by atoms with van der Waals surface area (Å²) in [5.74, 6) is 1.13. The predicted octanol–water partition coefficient (Wildman–Crippen LogP) is 3.57. The molecule has 30 heavy (non-hydrogen) atoms. The third kappa shape index (κ3) is 4.51. The first-order valence-electron chi connectivity index (χ1n) is 10.7. The molecule has 1 aliphatic heterocycles. The van der Waals surface area contributed by atoms with E-state index in [1.54, 1.807) is 6.07 Å². The van der Waals surface area contributed by atoms with Crippen LogP contribution in [0.5, 0.6) is 0 Å². The maximum atomic E-state index is 14.2. The molecule has 0 unspecified atom stereocenters. The van der Waals surface area contributed by atoms with E-state index in [2.05, 4.69) is 63.4 Å². The van der Waals surface area contributed by atoms with Crippen molar-refractivity contribution in [2.75, 3.05) is 31.1 Å². The minimum absolute atomic E-state index is 0.138. The van der Waals surface area contributed by atoms with E-state index < -0.39 is 0 Å². The lowest BCUT2D eigenvalue weighted by atomic mass is 10.0. The van der Waals surface area contributed by atoms with E-state index in [1.807, 2.05) is 22.9 Å². The third-order valence-corrected chi connectivity index (χ3v) is 5.81. The Morgan fingerprint density at radius 2 is 1.63 bits per heavy atom. The Morgan fingerprint density at radius 1 is 0.933 bits per heavy atom. The van der Waals surface area contributed by atoms with Crippen LogP contribution in [0, 0.1) is 11.7 Å². The number of anilines is 1. The molecule has 0 aliphatic carbocycles. The minimum Gasteiger partial charge on any atom is -0.367 e. The summed E-state index contributed by atoms with van der Waals surface area (Å²) in [5, 5.41) is 12.7. The Morgan fingerprint density at radius 3 is 2.33 bits per heavy atom. The average molecular weight is 409 g/mol. The molecule has 6 nitrogen and oxygen atoms in total. The molecule has 2 heterocycles. The second kappa shape index (κ2) is 9.34. The number of aryl methyl sites for hydroxylation is 2. The molecule has 1 fully saturated rings. The monoisotopic (exact) mass is 408 g/mol. The van der Waals surface area contributed by atoms with E-state index in [9.17, 15) is 4.39 Å². The van der Waals surface area contributed by atoms with Crippen LogP contribution in [0.2, 0.25) is 0 Å². The topological polar surface area (TPSA) is 50.1 Å². The number of rotatable bonds is 7. The highest BCUT2D eigenvalue weighted by Gasteiger charge is 2.31. The number of nitrogens with zero attached hydrogens (tertiary/aromatic N) is 6. The summed E-state index contributed by atoms with van der Waals surface area (Å²) in [7, 11) is 0. The number of hydrogen-bond donors (Lipinski definition) is 0. The van der Waals surface area contributed by atoms with Crippen LogP contribution in [0.3, 0.4) is 0 Å². The zero-order valence-corrected chi connectivity index (χ0v) is 17.7. The number of halogens is 1. The van der Waals surface area contributed by atoms with Crippen LogP contribution in [0.15, 0.2) is 54.6 Å². The molecule has 158 valence electrons. The first-order chi connectivity index (χ1) is 14.6. The highest BCUT2D eigenvalue weighted by Crippen LogP contribution is 2.29. The maximum absolute atomic E-state index is 14.2. The van der Waals surface area contributed by atoms with Gasteiger partial charge in [0.2, 0.25) is 0 Å². The largest absolute Gasteiger partial charge is 0.367 e. The number of para-hydroxylation sites is 1. The lowest BCUT2D eigenvalue weighted by Crippen LogP contribution is -2.49. The van der Waals surface area contributed by atoms with Crippen molar-refractivity contribution in [1.82, 2.24) is 25.1 Å². The van der Waals surface area contributed by atoms with Crippen LogP contribution in [0.1, 0.15) is 31.3 Å². The molecule has 0 spiro atoms. The van der Waals surface area contributed by atoms with Gasteiger partial charge in [0.1, 0.15) is 5.82 Å². The van der Waals surface area contributed by atoms with E-state index >= 15 is 0 Å². The molecule has 1 atom stereocenters. The van der Waals surface area contributed by atoms with Crippen LogP contribution in [-0.4, -0.2) is 51.3 Å². The fourth-order valence-corrected chi connectivity index (χ4v) is 4.29.